The van der Waals surface area contributed by atoms with Crippen LogP contribution in [0, 0.1) is 5.92 Å². The molecule has 1 aromatic heterocycles. The van der Waals surface area contributed by atoms with Gasteiger partial charge < -0.3 is 14.3 Å². The van der Waals surface area contributed by atoms with Gasteiger partial charge >= 0.3 is 6.03 Å². The monoisotopic (exact) mass is 376 g/mol. The Morgan fingerprint density at radius 2 is 1.96 bits per heavy atom. The molecule has 4 amide bonds. The van der Waals surface area contributed by atoms with Crippen LogP contribution in [0.25, 0.3) is 0 Å². The third-order valence-electron chi connectivity index (χ3n) is 5.49. The topological polar surface area (TPSA) is 87.0 Å². The van der Waals surface area contributed by atoms with Crippen LogP contribution in [0.2, 0.25) is 0 Å². The summed E-state index contributed by atoms with van der Waals surface area (Å²) >= 11 is 0. The summed E-state index contributed by atoms with van der Waals surface area (Å²) in [5.74, 6) is 0.561. The van der Waals surface area contributed by atoms with Crippen molar-refractivity contribution in [3.05, 3.63) is 17.5 Å². The van der Waals surface area contributed by atoms with E-state index in [-0.39, 0.29) is 30.3 Å². The molecule has 27 heavy (non-hydrogen) atoms. The van der Waals surface area contributed by atoms with Crippen LogP contribution in [0.5, 0.6) is 0 Å². The Bertz CT molecular complexity index is 734. The highest BCUT2D eigenvalue weighted by Gasteiger charge is 2.58. The molecule has 0 unspecified atom stereocenters. The lowest BCUT2D eigenvalue weighted by Crippen LogP contribution is -2.57. The fourth-order valence-electron chi connectivity index (χ4n) is 3.97. The van der Waals surface area contributed by atoms with Crippen molar-refractivity contribution in [3.8, 4) is 0 Å². The molecule has 0 radical (unpaired) electrons. The van der Waals surface area contributed by atoms with Gasteiger partial charge in [0.25, 0.3) is 5.91 Å². The van der Waals surface area contributed by atoms with Crippen LogP contribution in [-0.2, 0) is 22.6 Å². The summed E-state index contributed by atoms with van der Waals surface area (Å²) in [4.78, 5) is 42.9. The standard InChI is InChI=1S/C19H28N4O4/c1-5-15-10-16(27-20-15)12-22-17(25)19(23(18(22)26)11-13(2)3)6-8-21(9-7-19)14(4)24/h10,13H,5-9,11-12H2,1-4H3. The molecule has 1 spiro atoms. The number of nitrogens with zero attached hydrogens (tertiary/aromatic N) is 4. The second-order valence-corrected chi connectivity index (χ2v) is 7.85. The van der Waals surface area contributed by atoms with Gasteiger partial charge in [0.1, 0.15) is 5.54 Å². The van der Waals surface area contributed by atoms with E-state index in [4.69, 9.17) is 4.52 Å². The zero-order chi connectivity index (χ0) is 19.8. The highest BCUT2D eigenvalue weighted by atomic mass is 16.5. The lowest BCUT2D eigenvalue weighted by atomic mass is 9.85. The van der Waals surface area contributed by atoms with Crippen LogP contribution in [0.1, 0.15) is 52.0 Å². The predicted octanol–water partition coefficient (Wildman–Crippen LogP) is 2.04. The molecule has 0 aliphatic carbocycles. The minimum absolute atomic E-state index is 0.00245. The molecule has 2 aliphatic heterocycles. The minimum atomic E-state index is -0.860. The van der Waals surface area contributed by atoms with E-state index in [2.05, 4.69) is 5.16 Å². The van der Waals surface area contributed by atoms with Crippen LogP contribution in [0.4, 0.5) is 4.79 Å². The van der Waals surface area contributed by atoms with E-state index >= 15 is 0 Å². The fourth-order valence-corrected chi connectivity index (χ4v) is 3.97. The van der Waals surface area contributed by atoms with Crippen molar-refractivity contribution in [1.82, 2.24) is 19.9 Å². The van der Waals surface area contributed by atoms with E-state index in [9.17, 15) is 14.4 Å². The van der Waals surface area contributed by atoms with Crippen LogP contribution in [-0.4, -0.2) is 62.9 Å². The summed E-state index contributed by atoms with van der Waals surface area (Å²) in [6.07, 6.45) is 1.67. The molecule has 8 nitrogen and oxygen atoms in total. The second kappa shape index (κ2) is 7.32. The summed E-state index contributed by atoms with van der Waals surface area (Å²) in [6, 6.07) is 1.51. The maximum Gasteiger partial charge on any atom is 0.328 e. The number of aromatic nitrogens is 1. The number of rotatable bonds is 5. The summed E-state index contributed by atoms with van der Waals surface area (Å²) in [5, 5.41) is 3.95. The van der Waals surface area contributed by atoms with Crippen molar-refractivity contribution >= 4 is 17.8 Å². The number of aryl methyl sites for hydroxylation is 1. The van der Waals surface area contributed by atoms with Crippen molar-refractivity contribution in [3.63, 3.8) is 0 Å². The molecule has 2 aliphatic rings. The number of carbonyl (C=O) groups is 3. The number of hydrogen-bond acceptors (Lipinski definition) is 5. The zero-order valence-electron chi connectivity index (χ0n) is 16.5. The molecule has 3 heterocycles. The van der Waals surface area contributed by atoms with Gasteiger partial charge in [-0.15, -0.1) is 0 Å². The van der Waals surface area contributed by atoms with Crippen molar-refractivity contribution in [2.24, 2.45) is 5.92 Å². The summed E-state index contributed by atoms with van der Waals surface area (Å²) in [7, 11) is 0. The maximum absolute atomic E-state index is 13.3. The molecule has 3 rings (SSSR count). The number of amides is 4. The van der Waals surface area contributed by atoms with Gasteiger partial charge in [-0.2, -0.15) is 0 Å². The van der Waals surface area contributed by atoms with E-state index in [1.165, 1.54) is 11.8 Å². The molecule has 8 heteroatoms. The number of imide groups is 1. The number of hydrogen-bond donors (Lipinski definition) is 0. The first-order valence-electron chi connectivity index (χ1n) is 9.62. The highest BCUT2D eigenvalue weighted by Crippen LogP contribution is 2.38. The SMILES string of the molecule is CCc1cc(CN2C(=O)N(CC(C)C)C3(CCN(C(C)=O)CC3)C2=O)on1. The number of piperidine rings is 1. The minimum Gasteiger partial charge on any atom is -0.359 e. The summed E-state index contributed by atoms with van der Waals surface area (Å²) in [5.41, 5.74) is -0.0615. The third-order valence-corrected chi connectivity index (χ3v) is 5.49. The van der Waals surface area contributed by atoms with Crippen LogP contribution >= 0.6 is 0 Å². The molecule has 0 saturated carbocycles. The first-order chi connectivity index (χ1) is 12.8. The second-order valence-electron chi connectivity index (χ2n) is 7.85. The average molecular weight is 376 g/mol. The normalized spacial score (nSPS) is 19.7. The Balaban J connectivity index is 1.86. The maximum atomic E-state index is 13.3. The fraction of sp³-hybridized carbons (Fsp3) is 0.684. The van der Waals surface area contributed by atoms with Crippen LogP contribution in [0.3, 0.4) is 0 Å². The molecule has 0 atom stereocenters. The first kappa shape index (κ1) is 19.4. The van der Waals surface area contributed by atoms with Crippen molar-refractivity contribution in [2.75, 3.05) is 19.6 Å². The van der Waals surface area contributed by atoms with E-state index in [1.807, 2.05) is 20.8 Å². The van der Waals surface area contributed by atoms with E-state index in [1.54, 1.807) is 15.9 Å². The lowest BCUT2D eigenvalue weighted by molar-refractivity contribution is -0.140. The number of carbonyl (C=O) groups excluding carboxylic acids is 3. The highest BCUT2D eigenvalue weighted by molar-refractivity contribution is 6.07. The van der Waals surface area contributed by atoms with Crippen LogP contribution < -0.4 is 0 Å². The Morgan fingerprint density at radius 3 is 2.48 bits per heavy atom. The van der Waals surface area contributed by atoms with Gasteiger partial charge in [0, 0.05) is 32.6 Å². The van der Waals surface area contributed by atoms with Gasteiger partial charge in [0.05, 0.1) is 12.2 Å². The van der Waals surface area contributed by atoms with E-state index < -0.39 is 5.54 Å². The molecule has 0 bridgehead atoms. The van der Waals surface area contributed by atoms with Gasteiger partial charge in [-0.1, -0.05) is 25.9 Å². The number of urea groups is 1. The molecule has 0 N–H and O–H groups in total. The Morgan fingerprint density at radius 1 is 1.30 bits per heavy atom. The smallest absolute Gasteiger partial charge is 0.328 e. The van der Waals surface area contributed by atoms with E-state index in [0.29, 0.717) is 38.2 Å². The van der Waals surface area contributed by atoms with Crippen molar-refractivity contribution in [1.29, 1.82) is 0 Å². The molecule has 1 aromatic rings. The van der Waals surface area contributed by atoms with Crippen molar-refractivity contribution in [2.45, 2.75) is 59.0 Å². The lowest BCUT2D eigenvalue weighted by Gasteiger charge is -2.42. The van der Waals surface area contributed by atoms with Crippen LogP contribution in [0.15, 0.2) is 10.6 Å². The molecule has 0 aromatic carbocycles. The Labute approximate surface area is 159 Å². The first-order valence-corrected chi connectivity index (χ1v) is 9.62. The van der Waals surface area contributed by atoms with Gasteiger partial charge in [0.2, 0.25) is 5.91 Å². The Kier molecular flexibility index (Phi) is 5.26. The van der Waals surface area contributed by atoms with Gasteiger partial charge in [-0.05, 0) is 25.2 Å². The molecule has 2 saturated heterocycles. The summed E-state index contributed by atoms with van der Waals surface area (Å²) < 4.78 is 5.29. The summed E-state index contributed by atoms with van der Waals surface area (Å²) in [6.45, 7) is 9.14. The Hall–Kier alpha value is -2.38. The van der Waals surface area contributed by atoms with Crippen molar-refractivity contribution < 1.29 is 18.9 Å². The quantitative estimate of drug-likeness (QED) is 0.734. The van der Waals surface area contributed by atoms with Gasteiger partial charge in [-0.3, -0.25) is 14.5 Å². The van der Waals surface area contributed by atoms with Gasteiger partial charge in [-0.25, -0.2) is 4.79 Å². The average Bonchev–Trinajstić information content (AvgIpc) is 3.16. The molecule has 148 valence electrons. The van der Waals surface area contributed by atoms with Gasteiger partial charge in [0.15, 0.2) is 5.76 Å². The largest absolute Gasteiger partial charge is 0.359 e. The molecule has 2 fully saturated rings. The van der Waals surface area contributed by atoms with E-state index in [0.717, 1.165) is 12.1 Å². The third kappa shape index (κ3) is 3.44. The molecular formula is C19H28N4O4. The zero-order valence-corrected chi connectivity index (χ0v) is 16.5. The predicted molar refractivity (Wildman–Crippen MR) is 97.6 cm³/mol. The number of likely N-dealkylation sites (tertiary alicyclic amines) is 1. The molecular weight excluding hydrogens is 348 g/mol.